The molecular weight excluding hydrogens is 555 g/mol. The van der Waals surface area contributed by atoms with Gasteiger partial charge in [0.25, 0.3) is 12.9 Å². The van der Waals surface area contributed by atoms with Crippen molar-refractivity contribution in [2.75, 3.05) is 20.2 Å². The van der Waals surface area contributed by atoms with Crippen LogP contribution in [0.4, 0.5) is 22.0 Å². The lowest BCUT2D eigenvalue weighted by Gasteiger charge is -2.31. The third kappa shape index (κ3) is 5.98. The number of benzene rings is 1. The predicted octanol–water partition coefficient (Wildman–Crippen LogP) is 5.79. The van der Waals surface area contributed by atoms with E-state index in [-0.39, 0.29) is 41.7 Å². The molecule has 14 heteroatoms. The number of aromatic nitrogens is 3. The van der Waals surface area contributed by atoms with E-state index in [4.69, 9.17) is 16.3 Å². The number of methoxy groups -OCH3 is 1. The van der Waals surface area contributed by atoms with Crippen LogP contribution >= 0.6 is 22.9 Å². The summed E-state index contributed by atoms with van der Waals surface area (Å²) < 4.78 is 72.1. The number of hydrogen-bond acceptors (Lipinski definition) is 6. The van der Waals surface area contributed by atoms with E-state index >= 15 is 0 Å². The molecule has 204 valence electrons. The van der Waals surface area contributed by atoms with Crippen LogP contribution in [0.15, 0.2) is 24.3 Å². The molecule has 1 amide bonds. The van der Waals surface area contributed by atoms with Crippen LogP contribution in [-0.2, 0) is 22.5 Å². The normalized spacial score (nSPS) is 14.5. The number of nitrogens with zero attached hydrogens (tertiary/aromatic N) is 4. The van der Waals surface area contributed by atoms with E-state index in [0.717, 1.165) is 0 Å². The number of likely N-dealkylation sites (tertiary alicyclic amines) is 1. The molecule has 0 bridgehead atoms. The molecule has 3 aromatic rings. The summed E-state index contributed by atoms with van der Waals surface area (Å²) in [5, 5.41) is 4.30. The van der Waals surface area contributed by atoms with Gasteiger partial charge in [0.05, 0.1) is 12.1 Å². The van der Waals surface area contributed by atoms with E-state index in [1.54, 1.807) is 6.07 Å². The maximum Gasteiger partial charge on any atom is 0.357 e. The Morgan fingerprint density at radius 2 is 1.89 bits per heavy atom. The lowest BCUT2D eigenvalue weighted by atomic mass is 9.97. The first-order chi connectivity index (χ1) is 18.1. The van der Waals surface area contributed by atoms with E-state index in [9.17, 15) is 31.5 Å². The number of amides is 1. The minimum atomic E-state index is -3.06. The van der Waals surface area contributed by atoms with Crippen LogP contribution in [0.25, 0.3) is 0 Å². The summed E-state index contributed by atoms with van der Waals surface area (Å²) in [5.74, 6) is -1.83. The predicted molar refractivity (Wildman–Crippen MR) is 128 cm³/mol. The number of thiazole rings is 1. The fourth-order valence-electron chi connectivity index (χ4n) is 4.25. The highest BCUT2D eigenvalue weighted by molar-refractivity contribution is 7.12. The fraction of sp³-hybridized carbons (Fsp3) is 0.417. The zero-order valence-corrected chi connectivity index (χ0v) is 21.5. The molecule has 1 saturated heterocycles. The van der Waals surface area contributed by atoms with Crippen molar-refractivity contribution in [2.45, 2.75) is 44.6 Å². The van der Waals surface area contributed by atoms with Crippen molar-refractivity contribution in [2.24, 2.45) is 0 Å². The van der Waals surface area contributed by atoms with E-state index in [0.29, 0.717) is 33.5 Å². The number of hydrogen-bond donors (Lipinski definition) is 0. The highest BCUT2D eigenvalue weighted by Crippen LogP contribution is 2.35. The molecule has 0 saturated carbocycles. The fourth-order valence-corrected chi connectivity index (χ4v) is 5.71. The Labute approximate surface area is 223 Å². The van der Waals surface area contributed by atoms with Gasteiger partial charge in [-0.2, -0.15) is 5.10 Å². The van der Waals surface area contributed by atoms with Gasteiger partial charge in [-0.25, -0.2) is 31.7 Å². The number of ether oxygens (including phenoxy) is 1. The standard InChI is InChI=1S/C24H22ClF5N4O3S/c1-37-24(36)20-18(9-13-14(25)3-2-4-15(13)26)38-23(31-20)12-5-7-33(8-6-12)19(35)11-34-17(22(29)30)10-16(32-34)21(27)28/h2-4,10,12,21-22H,5-9,11H2,1H3. The molecule has 4 rings (SSSR count). The van der Waals surface area contributed by atoms with Crippen molar-refractivity contribution in [3.63, 3.8) is 0 Å². The highest BCUT2D eigenvalue weighted by Gasteiger charge is 2.30. The van der Waals surface area contributed by atoms with Crippen LogP contribution < -0.4 is 0 Å². The largest absolute Gasteiger partial charge is 0.464 e. The van der Waals surface area contributed by atoms with E-state index in [2.05, 4.69) is 10.1 Å². The van der Waals surface area contributed by atoms with E-state index < -0.39 is 48.5 Å². The molecule has 0 atom stereocenters. The molecule has 1 aromatic carbocycles. The first kappa shape index (κ1) is 28.0. The number of halogens is 6. The molecule has 1 fully saturated rings. The summed E-state index contributed by atoms with van der Waals surface area (Å²) in [4.78, 5) is 31.5. The first-order valence-electron chi connectivity index (χ1n) is 11.5. The number of carbonyl (C=O) groups excluding carboxylic acids is 2. The van der Waals surface area contributed by atoms with Gasteiger partial charge in [0.15, 0.2) is 5.69 Å². The highest BCUT2D eigenvalue weighted by atomic mass is 35.5. The monoisotopic (exact) mass is 576 g/mol. The minimum absolute atomic E-state index is 0.0435. The van der Waals surface area contributed by atoms with Crippen LogP contribution in [0.1, 0.15) is 68.9 Å². The second-order valence-corrected chi connectivity index (χ2v) is 10.1. The van der Waals surface area contributed by atoms with Crippen LogP contribution in [0.3, 0.4) is 0 Å². The van der Waals surface area contributed by atoms with Crippen LogP contribution in [0.5, 0.6) is 0 Å². The van der Waals surface area contributed by atoms with Crippen molar-refractivity contribution in [1.82, 2.24) is 19.7 Å². The van der Waals surface area contributed by atoms with Gasteiger partial charge in [0.1, 0.15) is 23.7 Å². The summed E-state index contributed by atoms with van der Waals surface area (Å²) >= 11 is 7.39. The van der Waals surface area contributed by atoms with Crippen molar-refractivity contribution < 1.29 is 36.3 Å². The summed E-state index contributed by atoms with van der Waals surface area (Å²) in [6, 6.07) is 4.90. The van der Waals surface area contributed by atoms with Gasteiger partial charge >= 0.3 is 5.97 Å². The van der Waals surface area contributed by atoms with Gasteiger partial charge < -0.3 is 9.64 Å². The number of piperidine rings is 1. The Morgan fingerprint density at radius 3 is 2.50 bits per heavy atom. The smallest absolute Gasteiger partial charge is 0.357 e. The van der Waals surface area contributed by atoms with Gasteiger partial charge in [-0.3, -0.25) is 9.48 Å². The second kappa shape index (κ2) is 11.8. The van der Waals surface area contributed by atoms with Crippen molar-refractivity contribution in [3.8, 4) is 0 Å². The summed E-state index contributed by atoms with van der Waals surface area (Å²) in [5.41, 5.74) is -1.27. The molecule has 2 aromatic heterocycles. The second-order valence-electron chi connectivity index (χ2n) is 8.60. The van der Waals surface area contributed by atoms with Crippen LogP contribution in [0.2, 0.25) is 5.02 Å². The Bertz CT molecular complexity index is 1300. The maximum atomic E-state index is 14.4. The Kier molecular flexibility index (Phi) is 8.66. The molecule has 0 unspecified atom stereocenters. The van der Waals surface area contributed by atoms with Gasteiger partial charge in [0, 0.05) is 40.9 Å². The van der Waals surface area contributed by atoms with Gasteiger partial charge in [-0.05, 0) is 31.0 Å². The number of rotatable bonds is 8. The molecule has 3 heterocycles. The number of esters is 1. The summed E-state index contributed by atoms with van der Waals surface area (Å²) in [7, 11) is 1.22. The van der Waals surface area contributed by atoms with Crippen molar-refractivity contribution in [3.05, 3.63) is 67.6 Å². The molecule has 0 radical (unpaired) electrons. The SMILES string of the molecule is COC(=O)c1nc(C2CCN(C(=O)Cn3nc(C(F)F)cc3C(F)F)CC2)sc1Cc1c(F)cccc1Cl. The first-order valence-corrected chi connectivity index (χ1v) is 12.7. The van der Waals surface area contributed by atoms with Crippen molar-refractivity contribution in [1.29, 1.82) is 0 Å². The average Bonchev–Trinajstić information content (AvgIpc) is 3.51. The Hall–Kier alpha value is -3.06. The lowest BCUT2D eigenvalue weighted by Crippen LogP contribution is -2.40. The number of alkyl halides is 4. The summed E-state index contributed by atoms with van der Waals surface area (Å²) in [6.07, 6.45) is -5.13. The molecule has 1 aliphatic rings. The Morgan fingerprint density at radius 1 is 1.18 bits per heavy atom. The van der Waals surface area contributed by atoms with Gasteiger partial charge in [0.2, 0.25) is 5.91 Å². The molecule has 0 spiro atoms. The van der Waals surface area contributed by atoms with Crippen LogP contribution in [0, 0.1) is 5.82 Å². The molecule has 0 aliphatic carbocycles. The van der Waals surface area contributed by atoms with E-state index in [1.807, 2.05) is 0 Å². The third-order valence-corrected chi connectivity index (χ3v) is 7.82. The molecule has 0 N–H and O–H groups in total. The average molecular weight is 577 g/mol. The zero-order valence-electron chi connectivity index (χ0n) is 20.0. The molecular formula is C24H22ClF5N4O3S. The van der Waals surface area contributed by atoms with Crippen molar-refractivity contribution >= 4 is 34.8 Å². The summed E-state index contributed by atoms with van der Waals surface area (Å²) in [6.45, 7) is -0.0649. The van der Waals surface area contributed by atoms with E-state index in [1.165, 1.54) is 35.5 Å². The van der Waals surface area contributed by atoms with Gasteiger partial charge in [-0.15, -0.1) is 11.3 Å². The van der Waals surface area contributed by atoms with Gasteiger partial charge in [-0.1, -0.05) is 17.7 Å². The maximum absolute atomic E-state index is 14.4. The topological polar surface area (TPSA) is 77.3 Å². The molecule has 7 nitrogen and oxygen atoms in total. The third-order valence-electron chi connectivity index (χ3n) is 6.25. The lowest BCUT2D eigenvalue weighted by molar-refractivity contribution is -0.133. The molecule has 38 heavy (non-hydrogen) atoms. The zero-order chi connectivity index (χ0) is 27.6. The van der Waals surface area contributed by atoms with Crippen LogP contribution in [-0.4, -0.2) is 51.7 Å². The quantitative estimate of drug-likeness (QED) is 0.251. The Balaban J connectivity index is 1.46. The molecule has 1 aliphatic heterocycles. The minimum Gasteiger partial charge on any atom is -0.464 e. The number of carbonyl (C=O) groups is 2.